The number of aryl methyl sites for hydroxylation is 1. The van der Waals surface area contributed by atoms with E-state index in [2.05, 4.69) is 17.1 Å². The molecule has 3 rings (SSSR count). The maximum absolute atomic E-state index is 10.8. The number of aromatic nitrogens is 2. The third-order valence-electron chi connectivity index (χ3n) is 3.13. The van der Waals surface area contributed by atoms with Crippen molar-refractivity contribution >= 4 is 17.3 Å². The molecule has 0 spiro atoms. The summed E-state index contributed by atoms with van der Waals surface area (Å²) in [4.78, 5) is 11.8. The summed E-state index contributed by atoms with van der Waals surface area (Å²) in [5, 5.41) is 19.0. The van der Waals surface area contributed by atoms with Gasteiger partial charge in [0.1, 0.15) is 0 Å². The van der Waals surface area contributed by atoms with Crippen molar-refractivity contribution in [1.82, 2.24) is 10.2 Å². The van der Waals surface area contributed by atoms with Crippen LogP contribution < -0.4 is 0 Å². The lowest BCUT2D eigenvalue weighted by atomic mass is 10.1. The first-order valence-electron chi connectivity index (χ1n) is 6.43. The third kappa shape index (κ3) is 2.57. The van der Waals surface area contributed by atoms with Crippen LogP contribution in [0, 0.1) is 0 Å². The fourth-order valence-electron chi connectivity index (χ4n) is 1.99. The Bertz CT molecular complexity index is 774. The second-order valence-electron chi connectivity index (χ2n) is 4.42. The van der Waals surface area contributed by atoms with Crippen molar-refractivity contribution in [2.75, 3.05) is 0 Å². The second kappa shape index (κ2) is 5.49. The smallest absolute Gasteiger partial charge is 0.335 e. The van der Waals surface area contributed by atoms with Crippen LogP contribution in [0.2, 0.25) is 0 Å². The fraction of sp³-hybridized carbons (Fsp3) is 0.133. The molecule has 0 amide bonds. The normalized spacial score (nSPS) is 10.7. The van der Waals surface area contributed by atoms with Crippen LogP contribution in [0.25, 0.3) is 22.2 Å². The molecule has 2 heterocycles. The molecule has 21 heavy (non-hydrogen) atoms. The number of benzene rings is 1. The molecular formula is C15H12N2O3S. The lowest BCUT2D eigenvalue weighted by Gasteiger charge is -1.97. The molecule has 0 aliphatic heterocycles. The third-order valence-corrected chi connectivity index (χ3v) is 4.07. The van der Waals surface area contributed by atoms with Gasteiger partial charge in [-0.3, -0.25) is 0 Å². The SMILES string of the molecule is CCc1ccsc1-c1nnc(-c2ccc(C(=O)O)cc2)o1. The van der Waals surface area contributed by atoms with Crippen LogP contribution in [0.15, 0.2) is 40.1 Å². The lowest BCUT2D eigenvalue weighted by molar-refractivity contribution is 0.0697. The molecule has 0 fully saturated rings. The molecule has 5 nitrogen and oxygen atoms in total. The molecule has 1 N–H and O–H groups in total. The summed E-state index contributed by atoms with van der Waals surface area (Å²) >= 11 is 1.57. The van der Waals surface area contributed by atoms with Gasteiger partial charge < -0.3 is 9.52 Å². The van der Waals surface area contributed by atoms with Crippen molar-refractivity contribution in [1.29, 1.82) is 0 Å². The van der Waals surface area contributed by atoms with E-state index in [1.165, 1.54) is 17.7 Å². The van der Waals surface area contributed by atoms with E-state index >= 15 is 0 Å². The van der Waals surface area contributed by atoms with E-state index in [1.54, 1.807) is 23.5 Å². The van der Waals surface area contributed by atoms with Crippen molar-refractivity contribution in [3.63, 3.8) is 0 Å². The molecule has 2 aromatic heterocycles. The maximum atomic E-state index is 10.8. The summed E-state index contributed by atoms with van der Waals surface area (Å²) in [6.45, 7) is 2.08. The van der Waals surface area contributed by atoms with Crippen molar-refractivity contribution in [2.45, 2.75) is 13.3 Å². The molecule has 0 aliphatic rings. The van der Waals surface area contributed by atoms with Gasteiger partial charge in [-0.25, -0.2) is 4.79 Å². The van der Waals surface area contributed by atoms with E-state index in [0.29, 0.717) is 17.3 Å². The maximum Gasteiger partial charge on any atom is 0.335 e. The van der Waals surface area contributed by atoms with Crippen LogP contribution in [0.4, 0.5) is 0 Å². The second-order valence-corrected chi connectivity index (χ2v) is 5.34. The van der Waals surface area contributed by atoms with Crippen molar-refractivity contribution in [2.24, 2.45) is 0 Å². The van der Waals surface area contributed by atoms with Gasteiger partial charge in [0.2, 0.25) is 5.89 Å². The number of nitrogens with zero attached hydrogens (tertiary/aromatic N) is 2. The van der Waals surface area contributed by atoms with Crippen LogP contribution in [-0.2, 0) is 6.42 Å². The number of hydrogen-bond donors (Lipinski definition) is 1. The Kier molecular flexibility index (Phi) is 3.53. The van der Waals surface area contributed by atoms with Crippen LogP contribution >= 0.6 is 11.3 Å². The number of carbonyl (C=O) groups is 1. The minimum atomic E-state index is -0.959. The highest BCUT2D eigenvalue weighted by atomic mass is 32.1. The molecule has 1 aromatic carbocycles. The van der Waals surface area contributed by atoms with Crippen LogP contribution in [-0.4, -0.2) is 21.3 Å². The first kappa shape index (κ1) is 13.5. The van der Waals surface area contributed by atoms with E-state index in [4.69, 9.17) is 9.52 Å². The zero-order valence-corrected chi connectivity index (χ0v) is 12.1. The summed E-state index contributed by atoms with van der Waals surface area (Å²) in [6, 6.07) is 8.41. The largest absolute Gasteiger partial charge is 0.478 e. The minimum absolute atomic E-state index is 0.227. The number of carboxylic acid groups (broad SMARTS) is 1. The van der Waals surface area contributed by atoms with Crippen LogP contribution in [0.3, 0.4) is 0 Å². The molecule has 0 atom stereocenters. The summed E-state index contributed by atoms with van der Waals surface area (Å²) in [5.74, 6) is -0.0736. The molecule has 0 unspecified atom stereocenters. The summed E-state index contributed by atoms with van der Waals surface area (Å²) in [6.07, 6.45) is 0.907. The molecule has 0 aliphatic carbocycles. The van der Waals surface area contributed by atoms with Gasteiger partial charge in [0, 0.05) is 5.56 Å². The fourth-order valence-corrected chi connectivity index (χ4v) is 2.90. The van der Waals surface area contributed by atoms with E-state index in [1.807, 2.05) is 11.4 Å². The number of carboxylic acids is 1. The molecule has 0 saturated carbocycles. The molecule has 106 valence electrons. The van der Waals surface area contributed by atoms with Crippen molar-refractivity contribution in [3.8, 4) is 22.2 Å². The number of thiophene rings is 1. The van der Waals surface area contributed by atoms with Gasteiger partial charge in [0.15, 0.2) is 0 Å². The molecule has 0 saturated heterocycles. The van der Waals surface area contributed by atoms with Gasteiger partial charge in [0.05, 0.1) is 10.4 Å². The Hall–Kier alpha value is -2.47. The first-order valence-corrected chi connectivity index (χ1v) is 7.31. The van der Waals surface area contributed by atoms with Gasteiger partial charge >= 0.3 is 5.97 Å². The Labute approximate surface area is 124 Å². The van der Waals surface area contributed by atoms with E-state index in [0.717, 1.165) is 11.3 Å². The number of rotatable bonds is 4. The monoisotopic (exact) mass is 300 g/mol. The minimum Gasteiger partial charge on any atom is -0.478 e. The molecule has 0 radical (unpaired) electrons. The molecule has 3 aromatic rings. The Morgan fingerprint density at radius 2 is 1.90 bits per heavy atom. The Balaban J connectivity index is 1.93. The van der Waals surface area contributed by atoms with Crippen molar-refractivity contribution < 1.29 is 14.3 Å². The van der Waals surface area contributed by atoms with E-state index < -0.39 is 5.97 Å². The predicted octanol–water partition coefficient (Wildman–Crippen LogP) is 3.73. The average Bonchev–Trinajstić information content (AvgIpc) is 3.15. The number of hydrogen-bond acceptors (Lipinski definition) is 5. The standard InChI is InChI=1S/C15H12N2O3S/c1-2-9-7-8-21-12(9)14-17-16-13(20-14)10-3-5-11(6-4-10)15(18)19/h3-8H,2H2,1H3,(H,18,19). The quantitative estimate of drug-likeness (QED) is 0.794. The highest BCUT2D eigenvalue weighted by Crippen LogP contribution is 2.31. The van der Waals surface area contributed by atoms with Crippen LogP contribution in [0.1, 0.15) is 22.8 Å². The van der Waals surface area contributed by atoms with E-state index in [9.17, 15) is 4.79 Å². The van der Waals surface area contributed by atoms with Gasteiger partial charge in [-0.2, -0.15) is 0 Å². The predicted molar refractivity (Wildman–Crippen MR) is 79.4 cm³/mol. The Morgan fingerprint density at radius 1 is 1.19 bits per heavy atom. The van der Waals surface area contributed by atoms with Gasteiger partial charge in [-0.05, 0) is 47.7 Å². The zero-order chi connectivity index (χ0) is 14.8. The van der Waals surface area contributed by atoms with Gasteiger partial charge in [-0.15, -0.1) is 21.5 Å². The topological polar surface area (TPSA) is 76.2 Å². The van der Waals surface area contributed by atoms with Gasteiger partial charge in [-0.1, -0.05) is 6.92 Å². The summed E-state index contributed by atoms with van der Waals surface area (Å²) < 4.78 is 5.70. The highest BCUT2D eigenvalue weighted by Gasteiger charge is 2.14. The lowest BCUT2D eigenvalue weighted by Crippen LogP contribution is -1.94. The molecule has 0 bridgehead atoms. The van der Waals surface area contributed by atoms with Crippen molar-refractivity contribution in [3.05, 3.63) is 46.8 Å². The molecular weight excluding hydrogens is 288 g/mol. The first-order chi connectivity index (χ1) is 10.2. The number of aromatic carboxylic acids is 1. The Morgan fingerprint density at radius 3 is 2.57 bits per heavy atom. The average molecular weight is 300 g/mol. The zero-order valence-electron chi connectivity index (χ0n) is 11.2. The summed E-state index contributed by atoms with van der Waals surface area (Å²) in [5.41, 5.74) is 2.11. The summed E-state index contributed by atoms with van der Waals surface area (Å²) in [7, 11) is 0. The van der Waals surface area contributed by atoms with E-state index in [-0.39, 0.29) is 5.56 Å². The highest BCUT2D eigenvalue weighted by molar-refractivity contribution is 7.13. The van der Waals surface area contributed by atoms with Crippen LogP contribution in [0.5, 0.6) is 0 Å². The van der Waals surface area contributed by atoms with Gasteiger partial charge in [0.25, 0.3) is 5.89 Å². The molecule has 6 heteroatoms.